The van der Waals surface area contributed by atoms with Gasteiger partial charge in [-0.3, -0.25) is 4.79 Å². The molecule has 0 spiro atoms. The summed E-state index contributed by atoms with van der Waals surface area (Å²) in [6.45, 7) is 2.05. The maximum atomic E-state index is 11.4. The molecule has 7 heteroatoms. The van der Waals surface area contributed by atoms with Crippen LogP contribution in [0.25, 0.3) is 0 Å². The van der Waals surface area contributed by atoms with E-state index in [1.165, 1.54) is 11.0 Å². The van der Waals surface area contributed by atoms with Crippen LogP contribution >= 0.6 is 10.7 Å². The fourth-order valence-corrected chi connectivity index (χ4v) is 2.82. The Labute approximate surface area is 123 Å². The average Bonchev–Trinajstić information content (AvgIpc) is 2.32. The minimum absolute atomic E-state index is 0.0494. The summed E-state index contributed by atoms with van der Waals surface area (Å²) in [5.74, 6) is 0.609. The highest BCUT2D eigenvalue weighted by Gasteiger charge is 2.13. The highest BCUT2D eigenvalue weighted by atomic mass is 35.7. The number of benzene rings is 1. The van der Waals surface area contributed by atoms with E-state index in [9.17, 15) is 13.2 Å². The van der Waals surface area contributed by atoms with Crippen molar-refractivity contribution >= 4 is 25.6 Å². The van der Waals surface area contributed by atoms with Crippen molar-refractivity contribution < 1.29 is 17.9 Å². The van der Waals surface area contributed by atoms with E-state index in [4.69, 9.17) is 15.4 Å². The van der Waals surface area contributed by atoms with Gasteiger partial charge in [-0.2, -0.15) is 0 Å². The predicted molar refractivity (Wildman–Crippen MR) is 77.6 cm³/mol. The fraction of sp³-hybridized carbons (Fsp3) is 0.462. The number of aryl methyl sites for hydroxylation is 1. The van der Waals surface area contributed by atoms with Crippen molar-refractivity contribution in [2.24, 2.45) is 0 Å². The minimum atomic E-state index is -3.73. The van der Waals surface area contributed by atoms with Crippen molar-refractivity contribution in [3.8, 4) is 5.75 Å². The summed E-state index contributed by atoms with van der Waals surface area (Å²) in [6.07, 6.45) is 1.02. The van der Waals surface area contributed by atoms with Crippen LogP contribution in [0.2, 0.25) is 0 Å². The first-order valence-corrected chi connectivity index (χ1v) is 8.41. The van der Waals surface area contributed by atoms with Crippen LogP contribution in [-0.2, 0) is 13.8 Å². The summed E-state index contributed by atoms with van der Waals surface area (Å²) in [7, 11) is 4.98. The molecule has 0 aliphatic heterocycles. The second-order valence-electron chi connectivity index (χ2n) is 4.61. The van der Waals surface area contributed by atoms with Gasteiger partial charge in [-0.1, -0.05) is 0 Å². The Morgan fingerprint density at radius 2 is 2.00 bits per heavy atom. The van der Waals surface area contributed by atoms with Crippen LogP contribution in [-0.4, -0.2) is 39.9 Å². The largest absolute Gasteiger partial charge is 0.494 e. The molecule has 0 N–H and O–H groups in total. The summed E-state index contributed by atoms with van der Waals surface area (Å²) in [5.41, 5.74) is 0.530. The van der Waals surface area contributed by atoms with E-state index in [1.54, 1.807) is 33.2 Å². The first-order chi connectivity index (χ1) is 9.21. The van der Waals surface area contributed by atoms with E-state index in [0.29, 0.717) is 30.8 Å². The van der Waals surface area contributed by atoms with Gasteiger partial charge in [0.05, 0.1) is 11.5 Å². The Morgan fingerprint density at radius 3 is 2.50 bits per heavy atom. The third-order valence-corrected chi connectivity index (χ3v) is 4.19. The zero-order chi connectivity index (χ0) is 15.3. The lowest BCUT2D eigenvalue weighted by Crippen LogP contribution is -2.21. The summed E-state index contributed by atoms with van der Waals surface area (Å²) in [5, 5.41) is 0. The average molecular weight is 320 g/mol. The molecular formula is C13H18ClNO4S. The molecule has 1 aromatic carbocycles. The van der Waals surface area contributed by atoms with Gasteiger partial charge in [-0.05, 0) is 37.1 Å². The molecule has 0 saturated heterocycles. The van der Waals surface area contributed by atoms with Gasteiger partial charge in [-0.25, -0.2) is 8.42 Å². The molecule has 0 unspecified atom stereocenters. The van der Waals surface area contributed by atoms with E-state index in [1.807, 2.05) is 0 Å². The van der Waals surface area contributed by atoms with E-state index in [0.717, 1.165) is 0 Å². The van der Waals surface area contributed by atoms with Gasteiger partial charge >= 0.3 is 0 Å². The lowest BCUT2D eigenvalue weighted by Gasteiger charge is -2.11. The molecule has 0 aliphatic carbocycles. The number of halogens is 1. The zero-order valence-electron chi connectivity index (χ0n) is 11.7. The number of amides is 1. The molecule has 0 aliphatic rings. The molecule has 1 aromatic rings. The number of hydrogen-bond donors (Lipinski definition) is 0. The summed E-state index contributed by atoms with van der Waals surface area (Å²) in [6, 6.07) is 4.58. The number of carbonyl (C=O) groups excluding carboxylic acids is 1. The second-order valence-corrected chi connectivity index (χ2v) is 7.14. The molecule has 1 amide bonds. The number of nitrogens with zero attached hydrogens (tertiary/aromatic N) is 1. The van der Waals surface area contributed by atoms with Gasteiger partial charge in [0.25, 0.3) is 9.05 Å². The van der Waals surface area contributed by atoms with Gasteiger partial charge in [0, 0.05) is 31.2 Å². The molecule has 0 radical (unpaired) electrons. The minimum Gasteiger partial charge on any atom is -0.494 e. The lowest BCUT2D eigenvalue weighted by molar-refractivity contribution is -0.128. The lowest BCUT2D eigenvalue weighted by atomic mass is 10.2. The third kappa shape index (κ3) is 5.02. The Kier molecular flexibility index (Phi) is 5.83. The van der Waals surface area contributed by atoms with Crippen LogP contribution in [0.4, 0.5) is 0 Å². The molecule has 1 rings (SSSR count). The third-order valence-electron chi connectivity index (χ3n) is 2.71. The monoisotopic (exact) mass is 319 g/mol. The van der Waals surface area contributed by atoms with Gasteiger partial charge in [0.2, 0.25) is 5.91 Å². The highest BCUT2D eigenvalue weighted by molar-refractivity contribution is 8.13. The molecule has 112 valence electrons. The summed E-state index contributed by atoms with van der Waals surface area (Å²) in [4.78, 5) is 13.0. The first kappa shape index (κ1) is 16.8. The van der Waals surface area contributed by atoms with Gasteiger partial charge in [0.1, 0.15) is 5.75 Å². The van der Waals surface area contributed by atoms with Crippen LogP contribution in [0.3, 0.4) is 0 Å². The van der Waals surface area contributed by atoms with Crippen LogP contribution in [0.5, 0.6) is 5.75 Å². The predicted octanol–water partition coefficient (Wildman–Crippen LogP) is 2.17. The quantitative estimate of drug-likeness (QED) is 0.595. The number of ether oxygens (including phenoxy) is 1. The number of rotatable bonds is 6. The molecule has 20 heavy (non-hydrogen) atoms. The molecule has 0 heterocycles. The van der Waals surface area contributed by atoms with Crippen LogP contribution in [0.15, 0.2) is 23.1 Å². The Balaban J connectivity index is 2.55. The van der Waals surface area contributed by atoms with Crippen molar-refractivity contribution in [1.82, 2.24) is 4.90 Å². The summed E-state index contributed by atoms with van der Waals surface area (Å²) < 4.78 is 28.0. The number of carbonyl (C=O) groups is 1. The van der Waals surface area contributed by atoms with Crippen molar-refractivity contribution in [2.45, 2.75) is 24.7 Å². The molecule has 0 saturated carbocycles. The van der Waals surface area contributed by atoms with E-state index in [-0.39, 0.29) is 10.8 Å². The van der Waals surface area contributed by atoms with E-state index >= 15 is 0 Å². The normalized spacial score (nSPS) is 11.2. The molecule has 0 aromatic heterocycles. The molecule has 0 atom stereocenters. The maximum Gasteiger partial charge on any atom is 0.261 e. The Morgan fingerprint density at radius 1 is 1.35 bits per heavy atom. The molecule has 0 bridgehead atoms. The zero-order valence-corrected chi connectivity index (χ0v) is 13.3. The standard InChI is InChI=1S/C13H18ClNO4S/c1-10-9-11(6-7-12(10)20(14,17)18)19-8-4-5-13(16)15(2)3/h6-7,9H,4-5,8H2,1-3H3. The topological polar surface area (TPSA) is 63.7 Å². The van der Waals surface area contributed by atoms with Crippen molar-refractivity contribution in [2.75, 3.05) is 20.7 Å². The van der Waals surface area contributed by atoms with Crippen LogP contribution < -0.4 is 4.74 Å². The Hall–Kier alpha value is -1.27. The van der Waals surface area contributed by atoms with Gasteiger partial charge in [-0.15, -0.1) is 0 Å². The second kappa shape index (κ2) is 6.95. The first-order valence-electron chi connectivity index (χ1n) is 6.10. The summed E-state index contributed by atoms with van der Waals surface area (Å²) >= 11 is 0. The SMILES string of the molecule is Cc1cc(OCCCC(=O)N(C)C)ccc1S(=O)(=O)Cl. The van der Waals surface area contributed by atoms with Gasteiger partial charge < -0.3 is 9.64 Å². The van der Waals surface area contributed by atoms with Gasteiger partial charge in [0.15, 0.2) is 0 Å². The van der Waals surface area contributed by atoms with E-state index in [2.05, 4.69) is 0 Å². The fourth-order valence-electron chi connectivity index (χ4n) is 1.62. The number of hydrogen-bond acceptors (Lipinski definition) is 4. The highest BCUT2D eigenvalue weighted by Crippen LogP contribution is 2.24. The van der Waals surface area contributed by atoms with Crippen molar-refractivity contribution in [3.05, 3.63) is 23.8 Å². The van der Waals surface area contributed by atoms with Crippen molar-refractivity contribution in [1.29, 1.82) is 0 Å². The van der Waals surface area contributed by atoms with E-state index < -0.39 is 9.05 Å². The van der Waals surface area contributed by atoms with Crippen LogP contribution in [0.1, 0.15) is 18.4 Å². The molecule has 0 fully saturated rings. The maximum absolute atomic E-state index is 11.4. The Bertz CT molecular complexity index is 584. The molecular weight excluding hydrogens is 302 g/mol. The molecule has 5 nitrogen and oxygen atoms in total. The van der Waals surface area contributed by atoms with Crippen LogP contribution in [0, 0.1) is 6.92 Å². The smallest absolute Gasteiger partial charge is 0.261 e. The van der Waals surface area contributed by atoms with Crippen molar-refractivity contribution in [3.63, 3.8) is 0 Å².